The molecule has 0 fully saturated rings. The second-order valence-electron chi connectivity index (χ2n) is 13.3. The number of nitrogens with one attached hydrogen (secondary N) is 1. The summed E-state index contributed by atoms with van der Waals surface area (Å²) in [5.41, 5.74) is 4.80. The standard InChI is InChI=1S/C46H31N8O6S/c1-52-40(28-51)43(30-11-17-34(18-12-30)46(57)58)37(25-48)8-4-6-32-14-13-31(44(32)54-22-21-35-23-39(19-20-41(35)54)53-61(2,59)60)5-3-7-36(24-47)42(38(26-49)27-50)29-9-15-33(16-10-29)45(55)56/h3-12,15-20,23,53H,13-14,21-22H2,2H3,(H,55,56)(H,57,58)/q-1/b6-4+,7-3+,31-5+,37-8+,42-36-,43-40+. The Morgan fingerprint density at radius 1 is 0.836 bits per heavy atom. The molecule has 0 spiro atoms. The highest BCUT2D eigenvalue weighted by Crippen LogP contribution is 2.42. The van der Waals surface area contributed by atoms with Gasteiger partial charge in [-0.2, -0.15) is 5.26 Å². The predicted octanol–water partition coefficient (Wildman–Crippen LogP) is 7.81. The summed E-state index contributed by atoms with van der Waals surface area (Å²) in [6.07, 6.45) is 12.4. The highest BCUT2D eigenvalue weighted by atomic mass is 32.2. The number of aromatic carboxylic acids is 2. The third-order valence-electron chi connectivity index (χ3n) is 9.49. The van der Waals surface area contributed by atoms with Crippen molar-refractivity contribution in [2.45, 2.75) is 19.3 Å². The smallest absolute Gasteiger partial charge is 0.335 e. The van der Waals surface area contributed by atoms with E-state index in [1.54, 1.807) is 36.4 Å². The number of hydrogen-bond donors (Lipinski definition) is 3. The zero-order chi connectivity index (χ0) is 44.3. The Bertz CT molecular complexity index is 2900. The van der Waals surface area contributed by atoms with Gasteiger partial charge in [0.25, 0.3) is 5.70 Å². The van der Waals surface area contributed by atoms with Crippen molar-refractivity contribution < 1.29 is 28.2 Å². The van der Waals surface area contributed by atoms with Crippen molar-refractivity contribution in [2.24, 2.45) is 0 Å². The predicted molar refractivity (Wildman–Crippen MR) is 225 cm³/mol. The molecule has 0 atom stereocenters. The number of allylic oxidation sites excluding steroid dienone is 13. The lowest BCUT2D eigenvalue weighted by Crippen LogP contribution is -2.20. The first kappa shape index (κ1) is 43.3. The van der Waals surface area contributed by atoms with Crippen LogP contribution in [0.25, 0.3) is 16.0 Å². The van der Waals surface area contributed by atoms with Crippen LogP contribution in [0.1, 0.15) is 50.2 Å². The van der Waals surface area contributed by atoms with Gasteiger partial charge in [-0.05, 0) is 83.5 Å². The van der Waals surface area contributed by atoms with Gasteiger partial charge in [-0.3, -0.25) is 4.72 Å². The number of hydrogen-bond acceptors (Lipinski definition) is 10. The Morgan fingerprint density at radius 2 is 1.46 bits per heavy atom. The van der Waals surface area contributed by atoms with Crippen LogP contribution in [0.15, 0.2) is 137 Å². The van der Waals surface area contributed by atoms with Gasteiger partial charge in [0.05, 0.1) is 41.7 Å². The molecule has 2 aliphatic rings. The zero-order valence-corrected chi connectivity index (χ0v) is 33.0. The molecule has 3 N–H and O–H groups in total. The van der Waals surface area contributed by atoms with E-state index in [9.17, 15) is 54.5 Å². The van der Waals surface area contributed by atoms with Crippen molar-refractivity contribution in [2.75, 3.05) is 22.4 Å². The number of carboxylic acid groups (broad SMARTS) is 2. The van der Waals surface area contributed by atoms with Crippen LogP contribution < -0.4 is 9.62 Å². The molecule has 15 heteroatoms. The molecule has 5 rings (SSSR count). The lowest BCUT2D eigenvalue weighted by atomic mass is 9.89. The summed E-state index contributed by atoms with van der Waals surface area (Å²) in [5, 5.41) is 68.4. The van der Waals surface area contributed by atoms with Crippen molar-refractivity contribution in [3.63, 3.8) is 0 Å². The highest BCUT2D eigenvalue weighted by Gasteiger charge is 2.29. The molecule has 298 valence electrons. The summed E-state index contributed by atoms with van der Waals surface area (Å²) in [5.74, 6) is -2.68. The normalized spacial score (nSPS) is 15.1. The second kappa shape index (κ2) is 19.1. The minimum absolute atomic E-state index is 0.0155. The molecule has 61 heavy (non-hydrogen) atoms. The Labute approximate surface area is 351 Å². The SMILES string of the molecule is [C-]#[N+]/C(C#N)=C(/C(C#N)=C/C=C/C1=C(N2CCc3cc(NS(C)(=O)=O)ccc32)C(=C/C=C/C(C#N)=C(\c2ccc(C(=O)O)cc2)[C-](C#N)C#N)/CC1)c1ccc(C(=O)O)cc1. The molecule has 14 nitrogen and oxygen atoms in total. The number of carboxylic acids is 2. The van der Waals surface area contributed by atoms with Crippen molar-refractivity contribution in [3.05, 3.63) is 182 Å². The molecule has 0 saturated heterocycles. The van der Waals surface area contributed by atoms with E-state index in [2.05, 4.69) is 26.6 Å². The molecule has 0 amide bonds. The first-order chi connectivity index (χ1) is 29.3. The van der Waals surface area contributed by atoms with Gasteiger partial charge >= 0.3 is 11.9 Å². The van der Waals surface area contributed by atoms with Crippen LogP contribution in [0.5, 0.6) is 0 Å². The maximum atomic E-state index is 12.0. The van der Waals surface area contributed by atoms with Crippen molar-refractivity contribution in [3.8, 4) is 30.3 Å². The van der Waals surface area contributed by atoms with Crippen LogP contribution in [-0.4, -0.2) is 43.4 Å². The van der Waals surface area contributed by atoms with Crippen LogP contribution in [0.2, 0.25) is 0 Å². The van der Waals surface area contributed by atoms with Crippen LogP contribution in [-0.2, 0) is 16.4 Å². The third kappa shape index (κ3) is 10.00. The first-order valence-corrected chi connectivity index (χ1v) is 20.0. The number of anilines is 2. The quantitative estimate of drug-likeness (QED) is 0.0848. The first-order valence-electron chi connectivity index (χ1n) is 18.1. The molecule has 0 bridgehead atoms. The summed E-state index contributed by atoms with van der Waals surface area (Å²) in [4.78, 5) is 28.3. The van der Waals surface area contributed by atoms with E-state index < -0.39 is 22.0 Å². The number of rotatable bonds is 13. The van der Waals surface area contributed by atoms with Crippen molar-refractivity contribution in [1.82, 2.24) is 0 Å². The zero-order valence-electron chi connectivity index (χ0n) is 32.2. The summed E-state index contributed by atoms with van der Waals surface area (Å²) in [6, 6.07) is 25.7. The van der Waals surface area contributed by atoms with E-state index in [4.69, 9.17) is 6.57 Å². The Morgan fingerprint density at radius 3 is 2.00 bits per heavy atom. The summed E-state index contributed by atoms with van der Waals surface area (Å²) >= 11 is 0. The topological polar surface area (TPSA) is 247 Å². The number of nitriles is 5. The molecule has 3 aromatic rings. The summed E-state index contributed by atoms with van der Waals surface area (Å²) in [7, 11) is -3.53. The lowest BCUT2D eigenvalue weighted by molar-refractivity contribution is 0.0686. The van der Waals surface area contributed by atoms with Gasteiger partial charge in [0.15, 0.2) is 0 Å². The number of carbonyl (C=O) groups is 2. The highest BCUT2D eigenvalue weighted by molar-refractivity contribution is 7.92. The fraction of sp³-hybridized carbons (Fsp3) is 0.109. The van der Waals surface area contributed by atoms with Gasteiger partial charge in [-0.1, -0.05) is 48.6 Å². The molecular weight excluding hydrogens is 793 g/mol. The average molecular weight is 824 g/mol. The minimum atomic E-state index is -3.53. The molecule has 1 aliphatic heterocycles. The van der Waals surface area contributed by atoms with Crippen LogP contribution in [0.3, 0.4) is 0 Å². The van der Waals surface area contributed by atoms with Crippen LogP contribution >= 0.6 is 0 Å². The molecule has 0 radical (unpaired) electrons. The van der Waals surface area contributed by atoms with Gasteiger partial charge in [-0.25, -0.2) is 43.9 Å². The summed E-state index contributed by atoms with van der Waals surface area (Å²) < 4.78 is 26.4. The maximum absolute atomic E-state index is 12.0. The largest absolute Gasteiger partial charge is 0.478 e. The monoisotopic (exact) mass is 823 g/mol. The van der Waals surface area contributed by atoms with E-state index >= 15 is 0 Å². The Hall–Kier alpha value is -8.86. The number of benzene rings is 3. The van der Waals surface area contributed by atoms with E-state index in [1.165, 1.54) is 60.7 Å². The van der Waals surface area contributed by atoms with Gasteiger partial charge in [-0.15, -0.1) is 29.3 Å². The fourth-order valence-electron chi connectivity index (χ4n) is 6.86. The average Bonchev–Trinajstić information content (AvgIpc) is 3.85. The number of nitrogens with zero attached hydrogens (tertiary/aromatic N) is 7. The summed E-state index contributed by atoms with van der Waals surface area (Å²) in [6.45, 7) is 8.10. The third-order valence-corrected chi connectivity index (χ3v) is 10.1. The van der Waals surface area contributed by atoms with E-state index in [0.29, 0.717) is 42.6 Å². The molecule has 0 aromatic heterocycles. The Kier molecular flexibility index (Phi) is 13.5. The van der Waals surface area contributed by atoms with Crippen molar-refractivity contribution >= 4 is 44.5 Å². The number of sulfonamides is 1. The Balaban J connectivity index is 1.63. The number of fused-ring (bicyclic) bond motifs is 1. The van der Waals surface area contributed by atoms with Crippen LogP contribution in [0, 0.1) is 69.1 Å². The van der Waals surface area contributed by atoms with Gasteiger partial charge < -0.3 is 15.1 Å². The van der Waals surface area contributed by atoms with Gasteiger partial charge in [0.2, 0.25) is 10.0 Å². The maximum Gasteiger partial charge on any atom is 0.335 e. The molecule has 0 unspecified atom stereocenters. The van der Waals surface area contributed by atoms with Gasteiger partial charge in [0, 0.05) is 53.3 Å². The van der Waals surface area contributed by atoms with E-state index in [-0.39, 0.29) is 45.0 Å². The second-order valence-corrected chi connectivity index (χ2v) is 15.1. The van der Waals surface area contributed by atoms with E-state index in [1.807, 2.05) is 24.3 Å². The minimum Gasteiger partial charge on any atom is -0.478 e. The fourth-order valence-corrected chi connectivity index (χ4v) is 7.41. The molecule has 0 saturated carbocycles. The van der Waals surface area contributed by atoms with E-state index in [0.717, 1.165) is 34.3 Å². The molecule has 3 aromatic carbocycles. The lowest BCUT2D eigenvalue weighted by Gasteiger charge is -2.24. The van der Waals surface area contributed by atoms with Crippen LogP contribution in [0.4, 0.5) is 11.4 Å². The van der Waals surface area contributed by atoms with Gasteiger partial charge in [0.1, 0.15) is 0 Å². The molecule has 1 heterocycles. The molecule has 1 aliphatic carbocycles. The molecular formula is C46H31N8O6S-. The van der Waals surface area contributed by atoms with Crippen molar-refractivity contribution in [1.29, 1.82) is 26.3 Å².